The molecule has 6 aromatic carbocycles. The molecule has 0 atom stereocenters. The third-order valence-corrected chi connectivity index (χ3v) is 9.46. The van der Waals surface area contributed by atoms with Crippen molar-refractivity contribution in [1.29, 1.82) is 0 Å². The maximum atomic E-state index is 14.1. The van der Waals surface area contributed by atoms with Gasteiger partial charge in [0.2, 0.25) is 0 Å². The first-order valence-corrected chi connectivity index (χ1v) is 15.8. The zero-order valence-corrected chi connectivity index (χ0v) is 25.4. The summed E-state index contributed by atoms with van der Waals surface area (Å²) < 4.78 is 29.4. The summed E-state index contributed by atoms with van der Waals surface area (Å²) in [5, 5.41) is 9.00. The lowest BCUT2D eigenvalue weighted by molar-refractivity contribution is 0.0955. The van der Waals surface area contributed by atoms with Crippen molar-refractivity contribution in [2.45, 2.75) is 18.4 Å². The number of fused-ring (bicyclic) bond motifs is 2. The van der Waals surface area contributed by atoms with Crippen molar-refractivity contribution in [3.8, 4) is 0 Å². The van der Waals surface area contributed by atoms with Gasteiger partial charge in [0, 0.05) is 10.6 Å². The molecule has 0 heterocycles. The second-order valence-corrected chi connectivity index (χ2v) is 12.7. The molecule has 0 radical (unpaired) electrons. The fourth-order valence-electron chi connectivity index (χ4n) is 5.18. The molecule has 0 aromatic heterocycles. The van der Waals surface area contributed by atoms with Crippen molar-refractivity contribution >= 4 is 61.0 Å². The SMILES string of the molecule is Cc1ccc(S(=O)(=O)N(Cc2ccc(Cl)cc2)c2ccccc2C(=O)N/N=C\c2c3ccccc3cc3ccccc23)cc1. The number of nitrogens with one attached hydrogen (secondary N) is 1. The van der Waals surface area contributed by atoms with E-state index in [0.717, 1.165) is 32.7 Å². The fraction of sp³-hybridized carbons (Fsp3) is 0.0556. The predicted octanol–water partition coefficient (Wildman–Crippen LogP) is 8.11. The standard InChI is InChI=1S/C36H28ClN3O3S/c1-25-14-20-30(21-15-25)44(42,43)40(24-26-16-18-29(37)19-17-26)35-13-7-6-12-33(35)36(41)39-38-23-34-31-10-4-2-8-27(31)22-28-9-3-5-11-32(28)34/h2-23H,24H2,1H3,(H,39,41)/b38-23-. The Bertz CT molecular complexity index is 2070. The Morgan fingerprint density at radius 2 is 1.39 bits per heavy atom. The Kier molecular flexibility index (Phi) is 8.15. The van der Waals surface area contributed by atoms with Gasteiger partial charge in [0.15, 0.2) is 0 Å². The minimum absolute atomic E-state index is 0.0110. The summed E-state index contributed by atoms with van der Waals surface area (Å²) in [6, 6.07) is 38.3. The van der Waals surface area contributed by atoms with E-state index in [4.69, 9.17) is 11.6 Å². The van der Waals surface area contributed by atoms with E-state index in [1.54, 1.807) is 79.0 Å². The highest BCUT2D eigenvalue weighted by Crippen LogP contribution is 2.30. The van der Waals surface area contributed by atoms with Crippen LogP contribution in [0.1, 0.15) is 27.0 Å². The molecule has 6 rings (SSSR count). The largest absolute Gasteiger partial charge is 0.273 e. The van der Waals surface area contributed by atoms with Gasteiger partial charge >= 0.3 is 0 Å². The Labute approximate surface area is 261 Å². The highest BCUT2D eigenvalue weighted by Gasteiger charge is 2.28. The molecular weight excluding hydrogens is 590 g/mol. The van der Waals surface area contributed by atoms with Crippen LogP contribution in [-0.4, -0.2) is 20.5 Å². The Hall–Kier alpha value is -4.98. The number of hydrogen-bond acceptors (Lipinski definition) is 4. The van der Waals surface area contributed by atoms with Crippen LogP contribution >= 0.6 is 11.6 Å². The van der Waals surface area contributed by atoms with Crippen LogP contribution in [0.5, 0.6) is 0 Å². The number of benzene rings is 6. The number of carbonyl (C=O) groups excluding carboxylic acids is 1. The molecule has 6 aromatic rings. The van der Waals surface area contributed by atoms with Crippen molar-refractivity contribution < 1.29 is 13.2 Å². The number of nitrogens with zero attached hydrogens (tertiary/aromatic N) is 2. The van der Waals surface area contributed by atoms with E-state index < -0.39 is 15.9 Å². The first kappa shape index (κ1) is 29.1. The first-order chi connectivity index (χ1) is 21.3. The summed E-state index contributed by atoms with van der Waals surface area (Å²) in [6.07, 6.45) is 1.64. The normalized spacial score (nSPS) is 11.7. The van der Waals surface area contributed by atoms with Gasteiger partial charge in [-0.2, -0.15) is 5.10 Å². The molecule has 6 nitrogen and oxygen atoms in total. The Morgan fingerprint density at radius 3 is 2.05 bits per heavy atom. The minimum atomic E-state index is -4.07. The molecule has 0 fully saturated rings. The van der Waals surface area contributed by atoms with Crippen molar-refractivity contribution in [3.05, 3.63) is 155 Å². The zero-order chi connectivity index (χ0) is 30.7. The van der Waals surface area contributed by atoms with Crippen LogP contribution in [0.2, 0.25) is 5.02 Å². The van der Waals surface area contributed by atoms with Crippen molar-refractivity contribution in [2.75, 3.05) is 4.31 Å². The van der Waals surface area contributed by atoms with Gasteiger partial charge < -0.3 is 0 Å². The van der Waals surface area contributed by atoms with E-state index in [-0.39, 0.29) is 22.7 Å². The summed E-state index contributed by atoms with van der Waals surface area (Å²) >= 11 is 6.09. The summed E-state index contributed by atoms with van der Waals surface area (Å²) in [7, 11) is -4.07. The number of rotatable bonds is 8. The molecule has 0 saturated carbocycles. The monoisotopic (exact) mass is 617 g/mol. The Morgan fingerprint density at radius 1 is 0.795 bits per heavy atom. The highest BCUT2D eigenvalue weighted by molar-refractivity contribution is 7.92. The molecule has 44 heavy (non-hydrogen) atoms. The van der Waals surface area contributed by atoms with Crippen LogP contribution in [0.4, 0.5) is 5.69 Å². The molecular formula is C36H28ClN3O3S. The lowest BCUT2D eigenvalue weighted by atomic mass is 9.97. The lowest BCUT2D eigenvalue weighted by Crippen LogP contribution is -2.33. The number of carbonyl (C=O) groups is 1. The number of anilines is 1. The molecule has 0 aliphatic rings. The quantitative estimate of drug-likeness (QED) is 0.106. The van der Waals surface area contributed by atoms with E-state index in [1.807, 2.05) is 55.5 Å². The van der Waals surface area contributed by atoms with Crippen molar-refractivity contribution in [3.63, 3.8) is 0 Å². The summed E-state index contributed by atoms with van der Waals surface area (Å²) in [6.45, 7) is 1.88. The van der Waals surface area contributed by atoms with E-state index >= 15 is 0 Å². The van der Waals surface area contributed by atoms with Crippen molar-refractivity contribution in [1.82, 2.24) is 5.43 Å². The van der Waals surface area contributed by atoms with Gasteiger partial charge in [-0.05, 0) is 76.5 Å². The molecule has 1 amide bonds. The smallest absolute Gasteiger partial charge is 0.267 e. The second kappa shape index (κ2) is 12.3. The Balaban J connectivity index is 1.37. The maximum absolute atomic E-state index is 14.1. The summed E-state index contributed by atoms with van der Waals surface area (Å²) in [5.74, 6) is -0.540. The van der Waals surface area contributed by atoms with Crippen LogP contribution in [0.25, 0.3) is 21.5 Å². The van der Waals surface area contributed by atoms with Crippen LogP contribution < -0.4 is 9.73 Å². The van der Waals surface area contributed by atoms with Gasteiger partial charge in [-0.1, -0.05) is 102 Å². The second-order valence-electron chi connectivity index (χ2n) is 10.4. The van der Waals surface area contributed by atoms with Gasteiger partial charge in [0.25, 0.3) is 15.9 Å². The molecule has 8 heteroatoms. The van der Waals surface area contributed by atoms with E-state index in [1.165, 1.54) is 4.31 Å². The van der Waals surface area contributed by atoms with Crippen LogP contribution in [0, 0.1) is 6.92 Å². The van der Waals surface area contributed by atoms with E-state index in [2.05, 4.69) is 16.6 Å². The number of halogens is 1. The van der Waals surface area contributed by atoms with Gasteiger partial charge in [-0.3, -0.25) is 9.10 Å². The molecule has 0 aliphatic carbocycles. The lowest BCUT2D eigenvalue weighted by Gasteiger charge is -2.26. The third-order valence-electron chi connectivity index (χ3n) is 7.44. The van der Waals surface area contributed by atoms with Crippen LogP contribution in [0.15, 0.2) is 137 Å². The fourth-order valence-corrected chi connectivity index (χ4v) is 6.78. The van der Waals surface area contributed by atoms with Crippen LogP contribution in [0.3, 0.4) is 0 Å². The molecule has 1 N–H and O–H groups in total. The molecule has 0 unspecified atom stereocenters. The average molecular weight is 618 g/mol. The molecule has 0 aliphatic heterocycles. The number of hydrazone groups is 1. The summed E-state index contributed by atoms with van der Waals surface area (Å²) in [4.78, 5) is 13.7. The molecule has 0 spiro atoms. The van der Waals surface area contributed by atoms with Gasteiger partial charge in [-0.25, -0.2) is 13.8 Å². The number of hydrogen-bond donors (Lipinski definition) is 1. The average Bonchev–Trinajstić information content (AvgIpc) is 3.04. The van der Waals surface area contributed by atoms with Gasteiger partial charge in [0.1, 0.15) is 0 Å². The van der Waals surface area contributed by atoms with E-state index in [0.29, 0.717) is 10.6 Å². The predicted molar refractivity (Wildman–Crippen MR) is 179 cm³/mol. The number of para-hydroxylation sites is 1. The maximum Gasteiger partial charge on any atom is 0.273 e. The first-order valence-electron chi connectivity index (χ1n) is 14.0. The minimum Gasteiger partial charge on any atom is -0.267 e. The number of sulfonamides is 1. The molecule has 0 bridgehead atoms. The van der Waals surface area contributed by atoms with Crippen molar-refractivity contribution in [2.24, 2.45) is 5.10 Å². The molecule has 218 valence electrons. The summed E-state index contributed by atoms with van der Waals surface area (Å²) in [5.41, 5.74) is 5.54. The third kappa shape index (κ3) is 5.93. The van der Waals surface area contributed by atoms with Gasteiger partial charge in [0.05, 0.1) is 28.9 Å². The van der Waals surface area contributed by atoms with E-state index in [9.17, 15) is 13.2 Å². The topological polar surface area (TPSA) is 78.8 Å². The van der Waals surface area contributed by atoms with Crippen LogP contribution in [-0.2, 0) is 16.6 Å². The zero-order valence-electron chi connectivity index (χ0n) is 23.8. The van der Waals surface area contributed by atoms with Gasteiger partial charge in [-0.15, -0.1) is 0 Å². The number of amides is 1. The molecule has 0 saturated heterocycles. The number of aryl methyl sites for hydroxylation is 1. The highest BCUT2D eigenvalue weighted by atomic mass is 35.5.